The number of carboxylic acid groups (broad SMARTS) is 1. The van der Waals surface area contributed by atoms with Crippen LogP contribution in [0.4, 0.5) is 0 Å². The second-order valence-electron chi connectivity index (χ2n) is 1.49. The monoisotopic (exact) mass is 136 g/mol. The molecule has 0 aromatic carbocycles. The van der Waals surface area contributed by atoms with Gasteiger partial charge in [-0.25, -0.2) is 0 Å². The third-order valence-electron chi connectivity index (χ3n) is 0.921. The Labute approximate surface area is 48.9 Å². The molecule has 0 fully saturated rings. The molecule has 4 heteroatoms. The van der Waals surface area contributed by atoms with Gasteiger partial charge >= 0.3 is 5.97 Å². The van der Waals surface area contributed by atoms with Crippen LogP contribution in [0.2, 0.25) is 0 Å². The molecule has 1 N–H and O–H groups in total. The van der Waals surface area contributed by atoms with Gasteiger partial charge < -0.3 is 9.67 Å². The van der Waals surface area contributed by atoms with Gasteiger partial charge in [0.15, 0.2) is 0 Å². The molecule has 2 atom stereocenters. The minimum Gasteiger partial charge on any atom is -0.481 e. The molecule has 2 unspecified atom stereocenters. The van der Waals surface area contributed by atoms with Gasteiger partial charge in [-0.15, -0.1) is 0 Å². The maximum Gasteiger partial charge on any atom is 0.313 e. The Bertz CT molecular complexity index is 101. The summed E-state index contributed by atoms with van der Waals surface area (Å²) in [6.45, 7) is 1.71. The quantitative estimate of drug-likeness (QED) is 0.578. The Kier molecular flexibility index (Phi) is 3.53. The smallest absolute Gasteiger partial charge is 0.313 e. The van der Waals surface area contributed by atoms with Crippen molar-refractivity contribution < 1.29 is 14.5 Å². The molecule has 0 amide bonds. The number of carboxylic acids is 1. The van der Waals surface area contributed by atoms with Crippen LogP contribution >= 0.6 is 8.46 Å². The van der Waals surface area contributed by atoms with Crippen molar-refractivity contribution >= 4 is 14.4 Å². The highest BCUT2D eigenvalue weighted by Crippen LogP contribution is 2.09. The molecular weight excluding hydrogens is 127 g/mol. The topological polar surface area (TPSA) is 54.4 Å². The summed E-state index contributed by atoms with van der Waals surface area (Å²) in [6.07, 6.45) is 0.466. The van der Waals surface area contributed by atoms with Gasteiger partial charge in [0.1, 0.15) is 5.66 Å². The van der Waals surface area contributed by atoms with Crippen LogP contribution in [0.15, 0.2) is 0 Å². The molecule has 0 heterocycles. The predicted molar refractivity (Wildman–Crippen MR) is 32.1 cm³/mol. The van der Waals surface area contributed by atoms with E-state index < -0.39 is 20.1 Å². The average molecular weight is 136 g/mol. The molecule has 8 heavy (non-hydrogen) atoms. The van der Waals surface area contributed by atoms with Crippen molar-refractivity contribution in [3.05, 3.63) is 0 Å². The molecule has 0 aromatic heterocycles. The van der Waals surface area contributed by atoms with Gasteiger partial charge in [-0.3, -0.25) is 4.79 Å². The normalized spacial score (nSPS) is 14.6. The van der Waals surface area contributed by atoms with Crippen LogP contribution in [0, 0.1) is 0 Å². The molecular formula is C4H9O3P. The van der Waals surface area contributed by atoms with Crippen molar-refractivity contribution in [2.75, 3.05) is 0 Å². The van der Waals surface area contributed by atoms with E-state index in [0.29, 0.717) is 6.42 Å². The third kappa shape index (κ3) is 2.12. The lowest BCUT2D eigenvalue weighted by Gasteiger charge is -1.96. The van der Waals surface area contributed by atoms with Gasteiger partial charge in [0.05, 0.1) is 8.46 Å². The lowest BCUT2D eigenvalue weighted by Crippen LogP contribution is -2.11. The van der Waals surface area contributed by atoms with Gasteiger partial charge in [0.25, 0.3) is 0 Å². The summed E-state index contributed by atoms with van der Waals surface area (Å²) in [4.78, 5) is 9.98. The van der Waals surface area contributed by atoms with E-state index in [4.69, 9.17) is 5.11 Å². The van der Waals surface area contributed by atoms with Crippen LogP contribution in [0.25, 0.3) is 0 Å². The highest BCUT2D eigenvalue weighted by atomic mass is 31.1. The zero-order valence-electron chi connectivity index (χ0n) is 4.63. The van der Waals surface area contributed by atoms with Gasteiger partial charge in [-0.1, -0.05) is 6.92 Å². The first-order valence-corrected chi connectivity index (χ1v) is 3.54. The molecule has 0 saturated heterocycles. The Morgan fingerprint density at radius 3 is 2.38 bits per heavy atom. The number of hydrogen-bond acceptors (Lipinski definition) is 2. The lowest BCUT2D eigenvalue weighted by molar-refractivity contribution is -0.136. The van der Waals surface area contributed by atoms with Crippen LogP contribution in [-0.4, -0.2) is 16.7 Å². The third-order valence-corrected chi connectivity index (χ3v) is 2.01. The van der Waals surface area contributed by atoms with E-state index in [-0.39, 0.29) is 0 Å². The highest BCUT2D eigenvalue weighted by Gasteiger charge is 2.10. The second-order valence-corrected chi connectivity index (χ2v) is 2.57. The first kappa shape index (κ1) is 7.70. The number of carbonyl (C=O) groups is 1. The Morgan fingerprint density at radius 2 is 2.38 bits per heavy atom. The summed E-state index contributed by atoms with van der Waals surface area (Å²) >= 11 is 0. The number of rotatable bonds is 3. The van der Waals surface area contributed by atoms with Crippen LogP contribution in [0.5, 0.6) is 0 Å². The zero-order valence-corrected chi connectivity index (χ0v) is 5.78. The summed E-state index contributed by atoms with van der Waals surface area (Å²) in [5.74, 6) is -0.947. The number of aliphatic carboxylic acids is 1. The molecule has 0 rings (SSSR count). The fourth-order valence-electron chi connectivity index (χ4n) is 0.329. The van der Waals surface area contributed by atoms with Crippen molar-refractivity contribution in [3.63, 3.8) is 0 Å². The van der Waals surface area contributed by atoms with Crippen molar-refractivity contribution in [3.8, 4) is 0 Å². The molecule has 0 saturated carbocycles. The Morgan fingerprint density at radius 1 is 1.88 bits per heavy atom. The minimum absolute atomic E-state index is 0.466. The Balaban J connectivity index is 3.69. The van der Waals surface area contributed by atoms with E-state index in [9.17, 15) is 9.36 Å². The van der Waals surface area contributed by atoms with Gasteiger partial charge in [-0.2, -0.15) is 0 Å². The standard InChI is InChI=1S/C4H9O3P/c1-2-3(8-7)4(5)6/h3H,2,8H2,1H3,(H,5,6). The molecule has 0 radical (unpaired) electrons. The fraction of sp³-hybridized carbons (Fsp3) is 0.750. The maximum atomic E-state index is 10.0. The van der Waals surface area contributed by atoms with Gasteiger partial charge in [0.2, 0.25) is 0 Å². The zero-order chi connectivity index (χ0) is 6.57. The average Bonchev–Trinajstić information content (AvgIpc) is 1.69. The summed E-state index contributed by atoms with van der Waals surface area (Å²) < 4.78 is 10.0. The van der Waals surface area contributed by atoms with E-state index in [0.717, 1.165) is 0 Å². The van der Waals surface area contributed by atoms with Crippen molar-refractivity contribution in [1.29, 1.82) is 0 Å². The molecule has 0 aromatic rings. The summed E-state index contributed by atoms with van der Waals surface area (Å²) in [6, 6.07) is 0. The van der Waals surface area contributed by atoms with Gasteiger partial charge in [-0.05, 0) is 6.42 Å². The molecule has 3 nitrogen and oxygen atoms in total. The van der Waals surface area contributed by atoms with E-state index in [1.165, 1.54) is 0 Å². The highest BCUT2D eigenvalue weighted by molar-refractivity contribution is 7.26. The first-order chi connectivity index (χ1) is 3.72. The Hall–Kier alpha value is -0.300. The van der Waals surface area contributed by atoms with Crippen molar-refractivity contribution in [2.45, 2.75) is 19.0 Å². The molecule has 0 spiro atoms. The summed E-state index contributed by atoms with van der Waals surface area (Å²) in [5.41, 5.74) is -0.602. The largest absolute Gasteiger partial charge is 0.481 e. The number of hydrogen-bond donors (Lipinski definition) is 1. The van der Waals surface area contributed by atoms with Crippen LogP contribution in [0.1, 0.15) is 13.3 Å². The summed E-state index contributed by atoms with van der Waals surface area (Å²) in [7, 11) is -1.14. The SMILES string of the molecule is CCC([PH2]=O)C(=O)O. The lowest BCUT2D eigenvalue weighted by atomic mass is 10.3. The van der Waals surface area contributed by atoms with E-state index >= 15 is 0 Å². The van der Waals surface area contributed by atoms with Crippen LogP contribution < -0.4 is 0 Å². The second kappa shape index (κ2) is 3.67. The molecule has 48 valence electrons. The predicted octanol–water partition coefficient (Wildman–Crippen LogP) is 0.606. The van der Waals surface area contributed by atoms with E-state index in [1.807, 2.05) is 0 Å². The molecule has 0 aliphatic carbocycles. The van der Waals surface area contributed by atoms with Gasteiger partial charge in [0, 0.05) is 0 Å². The van der Waals surface area contributed by atoms with Crippen LogP contribution in [-0.2, 0) is 9.36 Å². The first-order valence-electron chi connectivity index (χ1n) is 2.40. The summed E-state index contributed by atoms with van der Waals surface area (Å²) in [5, 5.41) is 8.19. The van der Waals surface area contributed by atoms with E-state index in [2.05, 4.69) is 0 Å². The molecule has 0 bridgehead atoms. The van der Waals surface area contributed by atoms with Crippen molar-refractivity contribution in [2.24, 2.45) is 0 Å². The maximum absolute atomic E-state index is 10.0. The minimum atomic E-state index is -1.14. The van der Waals surface area contributed by atoms with Crippen LogP contribution in [0.3, 0.4) is 0 Å². The molecule has 0 aliphatic heterocycles. The molecule has 0 aliphatic rings. The fourth-order valence-corrected chi connectivity index (χ4v) is 0.638. The van der Waals surface area contributed by atoms with Crippen molar-refractivity contribution in [1.82, 2.24) is 0 Å². The van der Waals surface area contributed by atoms with E-state index in [1.54, 1.807) is 6.92 Å².